The molecule has 2 aromatic heterocycles. The zero-order chi connectivity index (χ0) is 13.9. The third kappa shape index (κ3) is 2.73. The van der Waals surface area contributed by atoms with Gasteiger partial charge in [0.25, 0.3) is 0 Å². The molecule has 0 aliphatic heterocycles. The topological polar surface area (TPSA) is 41.6 Å². The molecule has 0 aliphatic carbocycles. The number of aryl methyl sites for hydroxylation is 1. The van der Waals surface area contributed by atoms with E-state index in [-0.39, 0.29) is 0 Å². The average Bonchev–Trinajstić information content (AvgIpc) is 2.92. The summed E-state index contributed by atoms with van der Waals surface area (Å²) in [6.07, 6.45) is 4.32. The maximum absolute atomic E-state index is 6.15. The normalized spacial score (nSPS) is 10.7. The van der Waals surface area contributed by atoms with E-state index < -0.39 is 0 Å². The fraction of sp³-hybridized carbons (Fsp3) is 0.125. The smallest absolute Gasteiger partial charge is 0.0924 e. The second-order valence-corrected chi connectivity index (χ2v) is 5.18. The van der Waals surface area contributed by atoms with E-state index in [0.717, 1.165) is 34.0 Å². The Bertz CT molecular complexity index is 720. The predicted molar refractivity (Wildman–Crippen MR) is 80.8 cm³/mol. The first-order valence-electron chi connectivity index (χ1n) is 6.42. The lowest BCUT2D eigenvalue weighted by atomic mass is 10.1. The minimum Gasteiger partial charge on any atom is -0.282 e. The van der Waals surface area contributed by atoms with Gasteiger partial charge in [0.1, 0.15) is 0 Å². The lowest BCUT2D eigenvalue weighted by Crippen LogP contribution is -1.89. The number of aromatic amines is 1. The molecule has 20 heavy (non-hydrogen) atoms. The monoisotopic (exact) mass is 283 g/mol. The maximum atomic E-state index is 6.15. The number of benzene rings is 1. The predicted octanol–water partition coefficient (Wildman–Crippen LogP) is 4.02. The molecule has 0 atom stereocenters. The molecule has 1 N–H and O–H groups in total. The van der Waals surface area contributed by atoms with Crippen LogP contribution in [0.1, 0.15) is 16.8 Å². The van der Waals surface area contributed by atoms with Gasteiger partial charge in [0.15, 0.2) is 0 Å². The fourth-order valence-electron chi connectivity index (χ4n) is 2.09. The van der Waals surface area contributed by atoms with Crippen molar-refractivity contribution in [2.24, 2.45) is 0 Å². The van der Waals surface area contributed by atoms with Crippen molar-refractivity contribution in [2.75, 3.05) is 0 Å². The third-order valence-corrected chi connectivity index (χ3v) is 3.65. The number of rotatable bonds is 3. The summed E-state index contributed by atoms with van der Waals surface area (Å²) in [5, 5.41) is 8.21. The fourth-order valence-corrected chi connectivity index (χ4v) is 2.29. The number of halogens is 1. The number of aromatic nitrogens is 3. The van der Waals surface area contributed by atoms with Gasteiger partial charge < -0.3 is 0 Å². The van der Waals surface area contributed by atoms with Crippen LogP contribution in [0.5, 0.6) is 0 Å². The van der Waals surface area contributed by atoms with Crippen LogP contribution >= 0.6 is 11.6 Å². The van der Waals surface area contributed by atoms with E-state index in [1.54, 1.807) is 12.4 Å². The first-order valence-corrected chi connectivity index (χ1v) is 6.80. The Morgan fingerprint density at radius 2 is 1.90 bits per heavy atom. The number of H-pyrrole nitrogens is 1. The summed E-state index contributed by atoms with van der Waals surface area (Å²) in [6, 6.07) is 12.1. The van der Waals surface area contributed by atoms with Crippen molar-refractivity contribution < 1.29 is 0 Å². The second kappa shape index (κ2) is 5.47. The van der Waals surface area contributed by atoms with Gasteiger partial charge in [-0.15, -0.1) is 0 Å². The molecule has 1 aromatic carbocycles. The highest BCUT2D eigenvalue weighted by atomic mass is 35.5. The molecule has 100 valence electrons. The van der Waals surface area contributed by atoms with Gasteiger partial charge in [-0.2, -0.15) is 5.10 Å². The Morgan fingerprint density at radius 1 is 1.10 bits per heavy atom. The van der Waals surface area contributed by atoms with E-state index in [0.29, 0.717) is 0 Å². The molecule has 0 saturated carbocycles. The number of hydrogen-bond acceptors (Lipinski definition) is 2. The van der Waals surface area contributed by atoms with Crippen molar-refractivity contribution in [3.63, 3.8) is 0 Å². The second-order valence-electron chi connectivity index (χ2n) is 4.77. The van der Waals surface area contributed by atoms with E-state index >= 15 is 0 Å². The largest absolute Gasteiger partial charge is 0.282 e. The van der Waals surface area contributed by atoms with Crippen molar-refractivity contribution in [3.05, 3.63) is 70.6 Å². The van der Waals surface area contributed by atoms with Crippen LogP contribution in [-0.2, 0) is 6.42 Å². The Hall–Kier alpha value is -2.13. The molecule has 0 bridgehead atoms. The van der Waals surface area contributed by atoms with Gasteiger partial charge in [-0.3, -0.25) is 10.1 Å². The first kappa shape index (κ1) is 12.9. The Balaban J connectivity index is 1.82. The quantitative estimate of drug-likeness (QED) is 0.789. The van der Waals surface area contributed by atoms with Crippen molar-refractivity contribution in [3.8, 4) is 11.3 Å². The van der Waals surface area contributed by atoms with E-state index in [9.17, 15) is 0 Å². The minimum atomic E-state index is 0.790. The average molecular weight is 284 g/mol. The van der Waals surface area contributed by atoms with E-state index in [4.69, 9.17) is 11.6 Å². The highest BCUT2D eigenvalue weighted by Gasteiger charge is 2.05. The highest BCUT2D eigenvalue weighted by Crippen LogP contribution is 2.21. The molecular weight excluding hydrogens is 270 g/mol. The van der Waals surface area contributed by atoms with Gasteiger partial charge in [-0.1, -0.05) is 23.7 Å². The first-order chi connectivity index (χ1) is 9.72. The molecule has 2 heterocycles. The summed E-state index contributed by atoms with van der Waals surface area (Å²) in [5.41, 5.74) is 5.32. The summed E-state index contributed by atoms with van der Waals surface area (Å²) in [4.78, 5) is 4.01. The minimum absolute atomic E-state index is 0.790. The molecule has 0 amide bonds. The molecule has 3 aromatic rings. The van der Waals surface area contributed by atoms with Crippen LogP contribution in [-0.4, -0.2) is 15.2 Å². The van der Waals surface area contributed by atoms with Crippen molar-refractivity contribution in [1.82, 2.24) is 15.2 Å². The van der Waals surface area contributed by atoms with Crippen LogP contribution < -0.4 is 0 Å². The summed E-state index contributed by atoms with van der Waals surface area (Å²) in [7, 11) is 0. The van der Waals surface area contributed by atoms with Gasteiger partial charge in [-0.25, -0.2) is 0 Å². The molecule has 0 aliphatic rings. The Labute approximate surface area is 122 Å². The zero-order valence-corrected chi connectivity index (χ0v) is 11.9. The lowest BCUT2D eigenvalue weighted by molar-refractivity contribution is 0.998. The van der Waals surface area contributed by atoms with Crippen LogP contribution in [0.4, 0.5) is 0 Å². The van der Waals surface area contributed by atoms with Crippen LogP contribution in [0.25, 0.3) is 11.3 Å². The molecule has 0 spiro atoms. The zero-order valence-electron chi connectivity index (χ0n) is 11.1. The van der Waals surface area contributed by atoms with Gasteiger partial charge in [-0.05, 0) is 42.3 Å². The molecule has 3 rings (SSSR count). The maximum Gasteiger partial charge on any atom is 0.0924 e. The molecule has 0 saturated heterocycles. The standard InChI is InChI=1S/C16H14ClN3/c1-11-2-3-12(9-15(11)17)8-14-10-16(20-19-14)13-4-6-18-7-5-13/h2-7,9-10H,8H2,1H3,(H,19,20). The molecular formula is C16H14ClN3. The van der Waals surface area contributed by atoms with Gasteiger partial charge >= 0.3 is 0 Å². The van der Waals surface area contributed by atoms with Crippen LogP contribution in [0.3, 0.4) is 0 Å². The number of pyridine rings is 1. The van der Waals surface area contributed by atoms with Crippen LogP contribution in [0.15, 0.2) is 48.8 Å². The highest BCUT2D eigenvalue weighted by molar-refractivity contribution is 6.31. The summed E-state index contributed by atoms with van der Waals surface area (Å²) in [6.45, 7) is 2.00. The van der Waals surface area contributed by atoms with Crippen LogP contribution in [0, 0.1) is 6.92 Å². The number of nitrogens with zero attached hydrogens (tertiary/aromatic N) is 2. The van der Waals surface area contributed by atoms with Gasteiger partial charge in [0.05, 0.1) is 5.69 Å². The van der Waals surface area contributed by atoms with Gasteiger partial charge in [0.2, 0.25) is 0 Å². The molecule has 0 unspecified atom stereocenters. The van der Waals surface area contributed by atoms with Crippen LogP contribution in [0.2, 0.25) is 5.02 Å². The van der Waals surface area contributed by atoms with Gasteiger partial charge in [0, 0.05) is 35.1 Å². The molecule has 3 nitrogen and oxygen atoms in total. The summed E-state index contributed by atoms with van der Waals surface area (Å²) in [5.74, 6) is 0. The summed E-state index contributed by atoms with van der Waals surface area (Å²) < 4.78 is 0. The number of hydrogen-bond donors (Lipinski definition) is 1. The SMILES string of the molecule is Cc1ccc(Cc2cc(-c3ccncc3)n[nH]2)cc1Cl. The number of nitrogens with one attached hydrogen (secondary N) is 1. The van der Waals surface area contributed by atoms with E-state index in [2.05, 4.69) is 27.3 Å². The van der Waals surface area contributed by atoms with Crippen molar-refractivity contribution >= 4 is 11.6 Å². The summed E-state index contributed by atoms with van der Waals surface area (Å²) >= 11 is 6.15. The Morgan fingerprint density at radius 3 is 2.65 bits per heavy atom. The molecule has 0 fully saturated rings. The van der Waals surface area contributed by atoms with E-state index in [1.165, 1.54) is 5.56 Å². The lowest BCUT2D eigenvalue weighted by Gasteiger charge is -2.02. The molecule has 0 radical (unpaired) electrons. The van der Waals surface area contributed by atoms with E-state index in [1.807, 2.05) is 31.2 Å². The van der Waals surface area contributed by atoms with Crippen molar-refractivity contribution in [2.45, 2.75) is 13.3 Å². The third-order valence-electron chi connectivity index (χ3n) is 3.24. The Kier molecular flexibility index (Phi) is 3.52. The molecule has 4 heteroatoms. The van der Waals surface area contributed by atoms with Crippen molar-refractivity contribution in [1.29, 1.82) is 0 Å².